The maximum absolute atomic E-state index is 12.1. The van der Waals surface area contributed by atoms with Gasteiger partial charge in [-0.2, -0.15) is 0 Å². The Morgan fingerprint density at radius 1 is 1.04 bits per heavy atom. The third-order valence-electron chi connectivity index (χ3n) is 4.20. The van der Waals surface area contributed by atoms with Crippen LogP contribution < -0.4 is 10.6 Å². The predicted octanol–water partition coefficient (Wildman–Crippen LogP) is 4.08. The maximum atomic E-state index is 12.1. The Kier molecular flexibility index (Phi) is 6.38. The van der Waals surface area contributed by atoms with E-state index in [-0.39, 0.29) is 6.03 Å². The van der Waals surface area contributed by atoms with Crippen molar-refractivity contribution in [2.45, 2.75) is 33.9 Å². The lowest BCUT2D eigenvalue weighted by atomic mass is 10.1. The monoisotopic (exact) mass is 325 g/mol. The van der Waals surface area contributed by atoms with Gasteiger partial charge >= 0.3 is 6.03 Å². The minimum absolute atomic E-state index is 0.186. The molecule has 2 rings (SSSR count). The van der Waals surface area contributed by atoms with Gasteiger partial charge < -0.3 is 15.5 Å². The van der Waals surface area contributed by atoms with Crippen molar-refractivity contribution in [3.05, 3.63) is 64.7 Å². The smallest absolute Gasteiger partial charge is 0.319 e. The molecule has 0 radical (unpaired) electrons. The summed E-state index contributed by atoms with van der Waals surface area (Å²) in [5.41, 5.74) is 5.56. The van der Waals surface area contributed by atoms with Gasteiger partial charge in [0.25, 0.3) is 0 Å². The highest BCUT2D eigenvalue weighted by atomic mass is 16.2. The molecule has 0 heterocycles. The van der Waals surface area contributed by atoms with E-state index < -0.39 is 0 Å². The highest BCUT2D eigenvalue weighted by Crippen LogP contribution is 2.14. The molecule has 0 spiro atoms. The van der Waals surface area contributed by atoms with Crippen molar-refractivity contribution in [2.75, 3.05) is 18.9 Å². The molecule has 0 fully saturated rings. The number of hydrogen-bond acceptors (Lipinski definition) is 2. The number of hydrogen-bond donors (Lipinski definition) is 2. The van der Waals surface area contributed by atoms with E-state index in [1.54, 1.807) is 0 Å². The van der Waals surface area contributed by atoms with E-state index >= 15 is 0 Å². The van der Waals surface area contributed by atoms with Crippen molar-refractivity contribution in [1.29, 1.82) is 0 Å². The molecule has 0 aliphatic heterocycles. The molecule has 0 unspecified atom stereocenters. The molecule has 128 valence electrons. The quantitative estimate of drug-likeness (QED) is 0.840. The Labute approximate surface area is 144 Å². The van der Waals surface area contributed by atoms with Crippen molar-refractivity contribution < 1.29 is 4.79 Å². The fourth-order valence-electron chi connectivity index (χ4n) is 2.44. The third kappa shape index (κ3) is 5.39. The zero-order valence-corrected chi connectivity index (χ0v) is 15.0. The van der Waals surface area contributed by atoms with Crippen molar-refractivity contribution in [2.24, 2.45) is 0 Å². The topological polar surface area (TPSA) is 44.4 Å². The molecular formula is C20H27N3O. The van der Waals surface area contributed by atoms with Crippen molar-refractivity contribution in [3.63, 3.8) is 0 Å². The number of carbonyl (C=O) groups is 1. The van der Waals surface area contributed by atoms with E-state index in [1.165, 1.54) is 16.7 Å². The Bertz CT molecular complexity index is 697. The molecule has 4 nitrogen and oxygen atoms in total. The molecule has 0 bridgehead atoms. The van der Waals surface area contributed by atoms with Gasteiger partial charge in [-0.25, -0.2) is 4.79 Å². The zero-order chi connectivity index (χ0) is 17.5. The van der Waals surface area contributed by atoms with Gasteiger partial charge in [0.1, 0.15) is 0 Å². The lowest BCUT2D eigenvalue weighted by Crippen LogP contribution is -2.28. The molecule has 2 aromatic carbocycles. The van der Waals surface area contributed by atoms with Crippen LogP contribution in [-0.4, -0.2) is 24.5 Å². The number of aryl methyl sites for hydroxylation is 2. The Hall–Kier alpha value is -2.33. The molecule has 0 atom stereocenters. The van der Waals surface area contributed by atoms with E-state index in [1.807, 2.05) is 37.3 Å². The normalized spacial score (nSPS) is 10.7. The lowest BCUT2D eigenvalue weighted by molar-refractivity contribution is 0.251. The van der Waals surface area contributed by atoms with Gasteiger partial charge in [-0.1, -0.05) is 37.3 Å². The number of anilines is 1. The fourth-order valence-corrected chi connectivity index (χ4v) is 2.44. The summed E-state index contributed by atoms with van der Waals surface area (Å²) in [7, 11) is 2.10. The number of urea groups is 1. The molecule has 0 aliphatic rings. The molecule has 0 saturated carbocycles. The Morgan fingerprint density at radius 2 is 1.79 bits per heavy atom. The van der Waals surface area contributed by atoms with E-state index in [0.29, 0.717) is 6.54 Å². The van der Waals surface area contributed by atoms with Gasteiger partial charge in [0, 0.05) is 18.8 Å². The summed E-state index contributed by atoms with van der Waals surface area (Å²) in [5.74, 6) is 0. The van der Waals surface area contributed by atoms with E-state index in [2.05, 4.69) is 48.6 Å². The summed E-state index contributed by atoms with van der Waals surface area (Å²) in [5, 5.41) is 5.79. The Morgan fingerprint density at radius 3 is 2.50 bits per heavy atom. The minimum atomic E-state index is -0.186. The van der Waals surface area contributed by atoms with Crippen molar-refractivity contribution in [1.82, 2.24) is 10.2 Å². The molecule has 0 aromatic heterocycles. The number of benzene rings is 2. The maximum Gasteiger partial charge on any atom is 0.319 e. The summed E-state index contributed by atoms with van der Waals surface area (Å²) < 4.78 is 0. The summed E-state index contributed by atoms with van der Waals surface area (Å²) in [4.78, 5) is 14.3. The number of carbonyl (C=O) groups excluding carboxylic acids is 1. The first kappa shape index (κ1) is 18.0. The molecule has 2 aromatic rings. The number of nitrogens with one attached hydrogen (secondary N) is 2. The van der Waals surface area contributed by atoms with Crippen LogP contribution >= 0.6 is 0 Å². The van der Waals surface area contributed by atoms with Gasteiger partial charge in [0.15, 0.2) is 0 Å². The first-order valence-electron chi connectivity index (χ1n) is 8.36. The summed E-state index contributed by atoms with van der Waals surface area (Å²) in [6, 6.07) is 14.1. The highest BCUT2D eigenvalue weighted by molar-refractivity contribution is 5.89. The second-order valence-electron chi connectivity index (χ2n) is 6.26. The number of amides is 2. The summed E-state index contributed by atoms with van der Waals surface area (Å²) in [6.45, 7) is 8.68. The SMILES string of the molecule is CCN(C)Cc1cccc(CNC(=O)Nc2ccc(C)c(C)c2)c1. The molecule has 2 amide bonds. The lowest BCUT2D eigenvalue weighted by Gasteiger charge is -2.14. The fraction of sp³-hybridized carbons (Fsp3) is 0.350. The predicted molar refractivity (Wildman–Crippen MR) is 100 cm³/mol. The van der Waals surface area contributed by atoms with Crippen molar-refractivity contribution in [3.8, 4) is 0 Å². The van der Waals surface area contributed by atoms with Crippen LogP contribution in [0.5, 0.6) is 0 Å². The zero-order valence-electron chi connectivity index (χ0n) is 15.0. The first-order valence-corrected chi connectivity index (χ1v) is 8.36. The number of rotatable bonds is 6. The van der Waals surface area contributed by atoms with E-state index in [9.17, 15) is 4.79 Å². The van der Waals surface area contributed by atoms with Gasteiger partial charge in [0.05, 0.1) is 0 Å². The van der Waals surface area contributed by atoms with Gasteiger partial charge in [-0.05, 0) is 61.8 Å². The standard InChI is InChI=1S/C20H27N3O/c1-5-23(4)14-18-8-6-7-17(12-18)13-21-20(24)22-19-10-9-15(2)16(3)11-19/h6-12H,5,13-14H2,1-4H3,(H2,21,22,24). The van der Waals surface area contributed by atoms with E-state index in [4.69, 9.17) is 0 Å². The summed E-state index contributed by atoms with van der Waals surface area (Å²) >= 11 is 0. The second-order valence-corrected chi connectivity index (χ2v) is 6.26. The first-order chi connectivity index (χ1) is 11.5. The van der Waals surface area contributed by atoms with Crippen LogP contribution in [0.2, 0.25) is 0 Å². The van der Waals surface area contributed by atoms with Crippen LogP contribution in [0.25, 0.3) is 0 Å². The highest BCUT2D eigenvalue weighted by Gasteiger charge is 2.04. The molecule has 4 heteroatoms. The average Bonchev–Trinajstić information content (AvgIpc) is 2.56. The second kappa shape index (κ2) is 8.50. The van der Waals surface area contributed by atoms with Crippen LogP contribution in [0.3, 0.4) is 0 Å². The van der Waals surface area contributed by atoms with Crippen LogP contribution in [-0.2, 0) is 13.1 Å². The van der Waals surface area contributed by atoms with Gasteiger partial charge in [-0.3, -0.25) is 0 Å². The van der Waals surface area contributed by atoms with Crippen LogP contribution in [0.1, 0.15) is 29.2 Å². The third-order valence-corrected chi connectivity index (χ3v) is 4.20. The number of nitrogens with zero attached hydrogens (tertiary/aromatic N) is 1. The van der Waals surface area contributed by atoms with Crippen molar-refractivity contribution >= 4 is 11.7 Å². The average molecular weight is 325 g/mol. The summed E-state index contributed by atoms with van der Waals surface area (Å²) in [6.07, 6.45) is 0. The van der Waals surface area contributed by atoms with Crippen LogP contribution in [0.15, 0.2) is 42.5 Å². The largest absolute Gasteiger partial charge is 0.334 e. The van der Waals surface area contributed by atoms with Crippen LogP contribution in [0, 0.1) is 13.8 Å². The Balaban J connectivity index is 1.89. The van der Waals surface area contributed by atoms with Crippen LogP contribution in [0.4, 0.5) is 10.5 Å². The van der Waals surface area contributed by atoms with E-state index in [0.717, 1.165) is 24.3 Å². The van der Waals surface area contributed by atoms with Gasteiger partial charge in [0.2, 0.25) is 0 Å². The van der Waals surface area contributed by atoms with Gasteiger partial charge in [-0.15, -0.1) is 0 Å². The minimum Gasteiger partial charge on any atom is -0.334 e. The molecule has 0 aliphatic carbocycles. The molecule has 0 saturated heterocycles. The molecular weight excluding hydrogens is 298 g/mol. The molecule has 2 N–H and O–H groups in total. The molecule has 24 heavy (non-hydrogen) atoms.